The summed E-state index contributed by atoms with van der Waals surface area (Å²) in [4.78, 5) is 0. The summed E-state index contributed by atoms with van der Waals surface area (Å²) in [5.41, 5.74) is -0.816. The molecule has 0 saturated carbocycles. The Hall–Kier alpha value is -1.76. The van der Waals surface area contributed by atoms with Crippen LogP contribution in [0.25, 0.3) is 11.1 Å². The molecule has 0 fully saturated rings. The Bertz CT molecular complexity index is 796. The van der Waals surface area contributed by atoms with E-state index in [9.17, 15) is 17.6 Å². The minimum Gasteiger partial charge on any atom is -0.490 e. The van der Waals surface area contributed by atoms with Crippen molar-refractivity contribution in [1.29, 1.82) is 0 Å². The van der Waals surface area contributed by atoms with E-state index in [0.29, 0.717) is 12.8 Å². The lowest BCUT2D eigenvalue weighted by molar-refractivity contribution is 0.290. The highest BCUT2D eigenvalue weighted by Crippen LogP contribution is 2.39. The largest absolute Gasteiger partial charge is 0.490 e. The normalized spacial score (nSPS) is 10.9. The van der Waals surface area contributed by atoms with E-state index in [1.54, 1.807) is 0 Å². The van der Waals surface area contributed by atoms with Gasteiger partial charge in [0.2, 0.25) is 5.82 Å². The van der Waals surface area contributed by atoms with Crippen LogP contribution in [-0.2, 0) is 0 Å². The molecular weight excluding hydrogens is 428 g/mol. The molecule has 0 spiro atoms. The van der Waals surface area contributed by atoms with Gasteiger partial charge in [-0.25, -0.2) is 13.2 Å². The lowest BCUT2D eigenvalue weighted by atomic mass is 10.0. The van der Waals surface area contributed by atoms with Crippen LogP contribution in [0.5, 0.6) is 11.5 Å². The third-order valence-electron chi connectivity index (χ3n) is 3.88. The highest BCUT2D eigenvalue weighted by atomic mass is 79.9. The van der Waals surface area contributed by atoms with Crippen LogP contribution in [0.3, 0.4) is 0 Å². The minimum absolute atomic E-state index is 0.0578. The number of ether oxygens (including phenoxy) is 2. The molecule has 0 unspecified atom stereocenters. The zero-order chi connectivity index (χ0) is 20.0. The van der Waals surface area contributed by atoms with Crippen LogP contribution in [0.2, 0.25) is 0 Å². The standard InChI is InChI=1S/C20H21BrF4O2/c1-3-5-6-8-27-16-11-14(22)12(9-15(16)23)18-13(21)10-17(26-7-4-2)19(24)20(18)25/h9-11H,3-8H2,1-2H3. The Morgan fingerprint density at radius 1 is 0.778 bits per heavy atom. The van der Waals surface area contributed by atoms with Crippen LogP contribution in [-0.4, -0.2) is 13.2 Å². The Labute approximate surface area is 164 Å². The SMILES string of the molecule is CCCCCOc1cc(F)c(-c2c(Br)cc(OCCC)c(F)c2F)cc1F. The molecule has 2 rings (SSSR count). The van der Waals surface area contributed by atoms with E-state index in [1.165, 1.54) is 6.07 Å². The number of benzene rings is 2. The van der Waals surface area contributed by atoms with E-state index in [2.05, 4.69) is 15.9 Å². The number of hydrogen-bond donors (Lipinski definition) is 0. The third kappa shape index (κ3) is 5.15. The molecular formula is C20H21BrF4O2. The van der Waals surface area contributed by atoms with Crippen molar-refractivity contribution in [2.24, 2.45) is 0 Å². The molecule has 2 aromatic rings. The van der Waals surface area contributed by atoms with Gasteiger partial charge >= 0.3 is 0 Å². The molecule has 2 aromatic carbocycles. The topological polar surface area (TPSA) is 18.5 Å². The Morgan fingerprint density at radius 2 is 1.48 bits per heavy atom. The average molecular weight is 449 g/mol. The summed E-state index contributed by atoms with van der Waals surface area (Å²) in [5.74, 6) is -4.87. The van der Waals surface area contributed by atoms with E-state index < -0.39 is 34.4 Å². The van der Waals surface area contributed by atoms with E-state index in [-0.39, 0.29) is 29.2 Å². The summed E-state index contributed by atoms with van der Waals surface area (Å²) >= 11 is 3.09. The van der Waals surface area contributed by atoms with Crippen molar-refractivity contribution in [3.63, 3.8) is 0 Å². The van der Waals surface area contributed by atoms with Gasteiger partial charge in [-0.1, -0.05) is 26.7 Å². The van der Waals surface area contributed by atoms with Gasteiger partial charge in [0.05, 0.1) is 13.2 Å². The molecule has 0 N–H and O–H groups in total. The van der Waals surface area contributed by atoms with Crippen LogP contribution >= 0.6 is 15.9 Å². The fraction of sp³-hybridized carbons (Fsp3) is 0.400. The van der Waals surface area contributed by atoms with Crippen LogP contribution in [0.1, 0.15) is 39.5 Å². The molecule has 0 heterocycles. The van der Waals surface area contributed by atoms with E-state index >= 15 is 0 Å². The van der Waals surface area contributed by atoms with Gasteiger partial charge in [0.25, 0.3) is 0 Å². The number of hydrogen-bond acceptors (Lipinski definition) is 2. The molecule has 0 saturated heterocycles. The summed E-state index contributed by atoms with van der Waals surface area (Å²) in [6.07, 6.45) is 3.20. The number of rotatable bonds is 9. The van der Waals surface area contributed by atoms with Crippen molar-refractivity contribution in [3.8, 4) is 22.6 Å². The van der Waals surface area contributed by atoms with Gasteiger partial charge in [-0.2, -0.15) is 4.39 Å². The average Bonchev–Trinajstić information content (AvgIpc) is 2.64. The highest BCUT2D eigenvalue weighted by molar-refractivity contribution is 9.10. The smallest absolute Gasteiger partial charge is 0.201 e. The second kappa shape index (κ2) is 9.97. The molecule has 7 heteroatoms. The summed E-state index contributed by atoms with van der Waals surface area (Å²) in [7, 11) is 0. The second-order valence-electron chi connectivity index (χ2n) is 6.03. The predicted octanol–water partition coefficient (Wildman–Crippen LogP) is 7.03. The first-order chi connectivity index (χ1) is 12.9. The predicted molar refractivity (Wildman–Crippen MR) is 100 cm³/mol. The van der Waals surface area contributed by atoms with Gasteiger partial charge in [-0.3, -0.25) is 0 Å². The quantitative estimate of drug-likeness (QED) is 0.233. The maximum absolute atomic E-state index is 14.5. The molecule has 0 atom stereocenters. The Kier molecular flexibility index (Phi) is 7.95. The summed E-state index contributed by atoms with van der Waals surface area (Å²) in [5, 5.41) is 0. The van der Waals surface area contributed by atoms with Crippen LogP contribution in [0.15, 0.2) is 22.7 Å². The van der Waals surface area contributed by atoms with Gasteiger partial charge in [0.1, 0.15) is 5.82 Å². The first kappa shape index (κ1) is 21.5. The zero-order valence-corrected chi connectivity index (χ0v) is 16.8. The summed E-state index contributed by atoms with van der Waals surface area (Å²) in [6.45, 7) is 4.29. The van der Waals surface area contributed by atoms with Gasteiger partial charge in [0, 0.05) is 21.7 Å². The lowest BCUT2D eigenvalue weighted by Crippen LogP contribution is -2.03. The molecule has 2 nitrogen and oxygen atoms in total. The van der Waals surface area contributed by atoms with Gasteiger partial charge in [-0.15, -0.1) is 0 Å². The van der Waals surface area contributed by atoms with Gasteiger partial charge in [-0.05, 0) is 40.9 Å². The monoisotopic (exact) mass is 448 g/mol. The molecule has 0 aliphatic rings. The van der Waals surface area contributed by atoms with Crippen molar-refractivity contribution in [2.45, 2.75) is 39.5 Å². The third-order valence-corrected chi connectivity index (χ3v) is 4.51. The van der Waals surface area contributed by atoms with E-state index in [1.807, 2.05) is 13.8 Å². The molecule has 148 valence electrons. The maximum atomic E-state index is 14.5. The highest BCUT2D eigenvalue weighted by Gasteiger charge is 2.23. The fourth-order valence-electron chi connectivity index (χ4n) is 2.50. The molecule has 0 aromatic heterocycles. The van der Waals surface area contributed by atoms with E-state index in [4.69, 9.17) is 9.47 Å². The first-order valence-corrected chi connectivity index (χ1v) is 9.62. The van der Waals surface area contributed by atoms with Gasteiger partial charge < -0.3 is 9.47 Å². The van der Waals surface area contributed by atoms with E-state index in [0.717, 1.165) is 25.0 Å². The Morgan fingerprint density at radius 3 is 2.15 bits per heavy atom. The van der Waals surface area contributed by atoms with Crippen LogP contribution in [0, 0.1) is 23.3 Å². The van der Waals surface area contributed by atoms with Crippen molar-refractivity contribution < 1.29 is 27.0 Å². The summed E-state index contributed by atoms with van der Waals surface area (Å²) < 4.78 is 68.0. The van der Waals surface area contributed by atoms with Crippen LogP contribution in [0.4, 0.5) is 17.6 Å². The van der Waals surface area contributed by atoms with Crippen molar-refractivity contribution in [1.82, 2.24) is 0 Å². The van der Waals surface area contributed by atoms with Crippen molar-refractivity contribution in [3.05, 3.63) is 45.9 Å². The molecule has 27 heavy (non-hydrogen) atoms. The minimum atomic E-state index is -1.31. The molecule has 0 amide bonds. The zero-order valence-electron chi connectivity index (χ0n) is 15.2. The fourth-order valence-corrected chi connectivity index (χ4v) is 3.10. The molecule has 0 aliphatic carbocycles. The first-order valence-electron chi connectivity index (χ1n) is 8.83. The Balaban J connectivity index is 2.38. The maximum Gasteiger partial charge on any atom is 0.201 e. The number of halogens is 5. The lowest BCUT2D eigenvalue weighted by Gasteiger charge is -2.14. The second-order valence-corrected chi connectivity index (χ2v) is 6.88. The van der Waals surface area contributed by atoms with Gasteiger partial charge in [0.15, 0.2) is 23.1 Å². The molecule has 0 radical (unpaired) electrons. The molecule has 0 aliphatic heterocycles. The van der Waals surface area contributed by atoms with Crippen LogP contribution < -0.4 is 9.47 Å². The molecule has 0 bridgehead atoms. The summed E-state index contributed by atoms with van der Waals surface area (Å²) in [6, 6.07) is 2.86. The number of unbranched alkanes of at least 4 members (excludes halogenated alkanes) is 2. The van der Waals surface area contributed by atoms with Crippen molar-refractivity contribution >= 4 is 15.9 Å². The van der Waals surface area contributed by atoms with Crippen molar-refractivity contribution in [2.75, 3.05) is 13.2 Å².